The van der Waals surface area contributed by atoms with Crippen LogP contribution < -0.4 is 4.90 Å². The zero-order chi connectivity index (χ0) is 10.7. The highest BCUT2D eigenvalue weighted by atomic mass is 35.5. The van der Waals surface area contributed by atoms with E-state index in [0.717, 1.165) is 11.3 Å². The van der Waals surface area contributed by atoms with Crippen LogP contribution in [0.2, 0.25) is 5.02 Å². The van der Waals surface area contributed by atoms with Crippen LogP contribution in [-0.4, -0.2) is 24.7 Å². The van der Waals surface area contributed by atoms with Crippen LogP contribution in [-0.2, 0) is 4.79 Å². The summed E-state index contributed by atoms with van der Waals surface area (Å²) in [7, 11) is 1.72. The summed E-state index contributed by atoms with van der Waals surface area (Å²) >= 11 is 5.92. The third-order valence-electron chi connectivity index (χ3n) is 1.97. The van der Waals surface area contributed by atoms with Gasteiger partial charge in [0.2, 0.25) is 0 Å². The predicted molar refractivity (Wildman–Crippen MR) is 57.1 cm³/mol. The number of halogens is 1. The van der Waals surface area contributed by atoms with Crippen molar-refractivity contribution in [3.05, 3.63) is 28.8 Å². The lowest BCUT2D eigenvalue weighted by molar-refractivity contribution is -0.135. The Morgan fingerprint density at radius 2 is 2.21 bits per heavy atom. The van der Waals surface area contributed by atoms with Crippen LogP contribution >= 0.6 is 11.6 Å². The monoisotopic (exact) mass is 213 g/mol. The number of aliphatic carboxylic acids is 1. The fourth-order valence-electron chi connectivity index (χ4n) is 1.11. The number of carbonyl (C=O) groups is 1. The Hall–Kier alpha value is -1.22. The fraction of sp³-hybridized carbons (Fsp3) is 0.300. The molecule has 1 aromatic carbocycles. The van der Waals surface area contributed by atoms with Crippen LogP contribution in [0, 0.1) is 6.92 Å². The molecule has 0 unspecified atom stereocenters. The summed E-state index contributed by atoms with van der Waals surface area (Å²) in [6.07, 6.45) is 0. The number of carboxylic acid groups (broad SMARTS) is 1. The maximum atomic E-state index is 10.5. The number of nitrogens with zero attached hydrogens (tertiary/aromatic N) is 1. The van der Waals surface area contributed by atoms with Gasteiger partial charge in [-0.2, -0.15) is 0 Å². The molecule has 4 heteroatoms. The average molecular weight is 214 g/mol. The van der Waals surface area contributed by atoms with E-state index in [0.29, 0.717) is 5.02 Å². The highest BCUT2D eigenvalue weighted by Gasteiger charge is 2.06. The molecule has 3 nitrogen and oxygen atoms in total. The second kappa shape index (κ2) is 4.33. The van der Waals surface area contributed by atoms with E-state index >= 15 is 0 Å². The third-order valence-corrected chi connectivity index (χ3v) is 2.38. The van der Waals surface area contributed by atoms with Crippen LogP contribution in [0.5, 0.6) is 0 Å². The van der Waals surface area contributed by atoms with Crippen molar-refractivity contribution in [2.24, 2.45) is 0 Å². The zero-order valence-corrected chi connectivity index (χ0v) is 8.88. The Labute approximate surface area is 87.9 Å². The van der Waals surface area contributed by atoms with Crippen LogP contribution in [0.15, 0.2) is 18.2 Å². The van der Waals surface area contributed by atoms with Gasteiger partial charge in [0.25, 0.3) is 0 Å². The van der Waals surface area contributed by atoms with Crippen molar-refractivity contribution >= 4 is 23.3 Å². The van der Waals surface area contributed by atoms with Gasteiger partial charge in [-0.1, -0.05) is 17.7 Å². The number of likely N-dealkylation sites (N-methyl/N-ethyl adjacent to an activating group) is 1. The Morgan fingerprint density at radius 3 is 2.71 bits per heavy atom. The van der Waals surface area contributed by atoms with E-state index in [-0.39, 0.29) is 6.54 Å². The molecule has 0 spiro atoms. The smallest absolute Gasteiger partial charge is 0.323 e. The number of carboxylic acids is 1. The van der Waals surface area contributed by atoms with Crippen LogP contribution in [0.4, 0.5) is 5.69 Å². The molecule has 0 aromatic heterocycles. The second-order valence-electron chi connectivity index (χ2n) is 3.18. The first-order valence-corrected chi connectivity index (χ1v) is 4.57. The van der Waals surface area contributed by atoms with Gasteiger partial charge in [0.15, 0.2) is 0 Å². The van der Waals surface area contributed by atoms with E-state index < -0.39 is 5.97 Å². The number of aryl methyl sites for hydroxylation is 1. The molecule has 0 aliphatic rings. The first-order valence-electron chi connectivity index (χ1n) is 4.20. The number of hydrogen-bond acceptors (Lipinski definition) is 2. The molecule has 0 heterocycles. The van der Waals surface area contributed by atoms with Crippen molar-refractivity contribution in [2.45, 2.75) is 6.92 Å². The van der Waals surface area contributed by atoms with Crippen molar-refractivity contribution in [1.29, 1.82) is 0 Å². The van der Waals surface area contributed by atoms with E-state index in [1.807, 2.05) is 19.1 Å². The van der Waals surface area contributed by atoms with Crippen molar-refractivity contribution in [3.63, 3.8) is 0 Å². The largest absolute Gasteiger partial charge is 0.480 e. The Bertz CT molecular complexity index is 352. The van der Waals surface area contributed by atoms with Gasteiger partial charge in [0.05, 0.1) is 0 Å². The van der Waals surface area contributed by atoms with Crippen molar-refractivity contribution in [1.82, 2.24) is 0 Å². The van der Waals surface area contributed by atoms with Gasteiger partial charge >= 0.3 is 5.97 Å². The molecule has 0 amide bonds. The van der Waals surface area contributed by atoms with Crippen molar-refractivity contribution in [3.8, 4) is 0 Å². The third kappa shape index (κ3) is 2.64. The molecule has 76 valence electrons. The molecule has 14 heavy (non-hydrogen) atoms. The number of hydrogen-bond donors (Lipinski definition) is 1. The minimum atomic E-state index is -0.857. The van der Waals surface area contributed by atoms with Gasteiger partial charge in [0.1, 0.15) is 6.54 Å². The molecule has 0 aliphatic heterocycles. The number of benzene rings is 1. The highest BCUT2D eigenvalue weighted by Crippen LogP contribution is 2.21. The van der Waals surface area contributed by atoms with E-state index in [4.69, 9.17) is 16.7 Å². The van der Waals surface area contributed by atoms with Crippen LogP contribution in [0.25, 0.3) is 0 Å². The van der Waals surface area contributed by atoms with Gasteiger partial charge in [-0.05, 0) is 24.6 Å². The molecule has 1 N–H and O–H groups in total. The van der Waals surface area contributed by atoms with Gasteiger partial charge in [0, 0.05) is 17.8 Å². The number of rotatable bonds is 3. The predicted octanol–water partition coefficient (Wildman–Crippen LogP) is 2.17. The van der Waals surface area contributed by atoms with Gasteiger partial charge in [-0.25, -0.2) is 0 Å². The quantitative estimate of drug-likeness (QED) is 0.837. The molecule has 0 atom stereocenters. The summed E-state index contributed by atoms with van der Waals surface area (Å²) < 4.78 is 0. The molecule has 0 saturated carbocycles. The molecule has 0 bridgehead atoms. The van der Waals surface area contributed by atoms with Crippen molar-refractivity contribution in [2.75, 3.05) is 18.5 Å². The van der Waals surface area contributed by atoms with Gasteiger partial charge in [-0.15, -0.1) is 0 Å². The summed E-state index contributed by atoms with van der Waals surface area (Å²) in [5.41, 5.74) is 1.79. The highest BCUT2D eigenvalue weighted by molar-refractivity contribution is 6.31. The summed E-state index contributed by atoms with van der Waals surface area (Å²) in [6.45, 7) is 1.88. The molecular formula is C10H12ClNO2. The first kappa shape index (κ1) is 10.9. The van der Waals surface area contributed by atoms with Gasteiger partial charge < -0.3 is 10.0 Å². The average Bonchev–Trinajstić information content (AvgIpc) is 2.08. The fourth-order valence-corrected chi connectivity index (χ4v) is 1.29. The summed E-state index contributed by atoms with van der Waals surface area (Å²) in [6, 6.07) is 5.49. The maximum Gasteiger partial charge on any atom is 0.323 e. The normalized spacial score (nSPS) is 9.93. The lowest BCUT2D eigenvalue weighted by Crippen LogP contribution is -2.24. The van der Waals surface area contributed by atoms with E-state index in [1.54, 1.807) is 18.0 Å². The summed E-state index contributed by atoms with van der Waals surface area (Å²) in [5, 5.41) is 9.25. The molecule has 0 radical (unpaired) electrons. The Kier molecular flexibility index (Phi) is 3.36. The molecular weight excluding hydrogens is 202 g/mol. The summed E-state index contributed by atoms with van der Waals surface area (Å²) in [5.74, 6) is -0.857. The molecule has 0 fully saturated rings. The van der Waals surface area contributed by atoms with E-state index in [2.05, 4.69) is 0 Å². The molecule has 0 aliphatic carbocycles. The minimum Gasteiger partial charge on any atom is -0.480 e. The van der Waals surface area contributed by atoms with E-state index in [1.165, 1.54) is 0 Å². The topological polar surface area (TPSA) is 40.5 Å². The first-order chi connectivity index (χ1) is 6.50. The van der Waals surface area contributed by atoms with Crippen molar-refractivity contribution < 1.29 is 9.90 Å². The lowest BCUT2D eigenvalue weighted by Gasteiger charge is -2.17. The Morgan fingerprint density at radius 1 is 1.57 bits per heavy atom. The standard InChI is InChI=1S/C10H12ClNO2/c1-7-3-4-8(5-9(7)11)12(2)6-10(13)14/h3-5H,6H2,1-2H3,(H,13,14). The zero-order valence-electron chi connectivity index (χ0n) is 8.12. The lowest BCUT2D eigenvalue weighted by atomic mass is 10.2. The summed E-state index contributed by atoms with van der Waals surface area (Å²) in [4.78, 5) is 12.1. The molecule has 0 saturated heterocycles. The molecule has 1 aromatic rings. The SMILES string of the molecule is Cc1ccc(N(C)CC(=O)O)cc1Cl. The van der Waals surface area contributed by atoms with Gasteiger partial charge in [-0.3, -0.25) is 4.79 Å². The molecule has 1 rings (SSSR count). The number of anilines is 1. The maximum absolute atomic E-state index is 10.5. The minimum absolute atomic E-state index is 0.0284. The van der Waals surface area contributed by atoms with E-state index in [9.17, 15) is 4.79 Å². The van der Waals surface area contributed by atoms with Crippen LogP contribution in [0.1, 0.15) is 5.56 Å². The Balaban J connectivity index is 2.85. The second-order valence-corrected chi connectivity index (χ2v) is 3.59. The van der Waals surface area contributed by atoms with Crippen LogP contribution in [0.3, 0.4) is 0 Å².